The summed E-state index contributed by atoms with van der Waals surface area (Å²) in [4.78, 5) is 13.6. The van der Waals surface area contributed by atoms with Gasteiger partial charge in [-0.1, -0.05) is 12.1 Å². The summed E-state index contributed by atoms with van der Waals surface area (Å²) in [6, 6.07) is 5.97. The minimum Gasteiger partial charge on any atom is -0.397 e. The highest BCUT2D eigenvalue weighted by Gasteiger charge is 2.39. The first-order valence-electron chi connectivity index (χ1n) is 5.84. The van der Waals surface area contributed by atoms with Gasteiger partial charge in [0.1, 0.15) is 0 Å². The molecule has 0 bridgehead atoms. The van der Waals surface area contributed by atoms with Gasteiger partial charge < -0.3 is 16.4 Å². The van der Waals surface area contributed by atoms with Gasteiger partial charge in [-0.3, -0.25) is 4.79 Å². The van der Waals surface area contributed by atoms with Gasteiger partial charge in [0.2, 0.25) is 5.91 Å². The zero-order valence-electron chi connectivity index (χ0n) is 10.4. The van der Waals surface area contributed by atoms with Crippen molar-refractivity contribution in [1.82, 2.24) is 0 Å². The highest BCUT2D eigenvalue weighted by atomic mass is 16.1. The molecule has 1 aromatic rings. The summed E-state index contributed by atoms with van der Waals surface area (Å²) in [7, 11) is 0. The standard InChI is InChI=1S/C13H19N3O/c1-9-4-3-5-10(11(9)14)16-7-6-13(2,8-16)12(15)17/h3-5H,6-8,14H2,1-2H3,(H2,15,17). The molecular formula is C13H19N3O. The van der Waals surface area contributed by atoms with Crippen LogP contribution < -0.4 is 16.4 Å². The van der Waals surface area contributed by atoms with Crippen molar-refractivity contribution >= 4 is 17.3 Å². The summed E-state index contributed by atoms with van der Waals surface area (Å²) in [6.45, 7) is 5.38. The van der Waals surface area contributed by atoms with Crippen LogP contribution in [0.1, 0.15) is 18.9 Å². The number of nitrogens with zero attached hydrogens (tertiary/aromatic N) is 1. The molecule has 1 aliphatic rings. The van der Waals surface area contributed by atoms with Crippen molar-refractivity contribution in [3.63, 3.8) is 0 Å². The second-order valence-electron chi connectivity index (χ2n) is 5.10. The van der Waals surface area contributed by atoms with Crippen LogP contribution in [0.15, 0.2) is 18.2 Å². The minimum atomic E-state index is -0.434. The monoisotopic (exact) mass is 233 g/mol. The molecular weight excluding hydrogens is 214 g/mol. The molecule has 2 rings (SSSR count). The molecule has 1 saturated heterocycles. The first-order chi connectivity index (χ1) is 7.94. The number of carbonyl (C=O) groups excluding carboxylic acids is 1. The SMILES string of the molecule is Cc1cccc(N2CCC(C)(C(N)=O)C2)c1N. The summed E-state index contributed by atoms with van der Waals surface area (Å²) < 4.78 is 0. The number of rotatable bonds is 2. The highest BCUT2D eigenvalue weighted by Crippen LogP contribution is 2.36. The Balaban J connectivity index is 2.27. The van der Waals surface area contributed by atoms with Crippen LogP contribution in [0.4, 0.5) is 11.4 Å². The fraction of sp³-hybridized carbons (Fsp3) is 0.462. The van der Waals surface area contributed by atoms with E-state index in [0.717, 1.165) is 29.9 Å². The normalized spacial score (nSPS) is 24.0. The Morgan fingerprint density at radius 2 is 2.18 bits per heavy atom. The molecule has 1 unspecified atom stereocenters. The van der Waals surface area contributed by atoms with Gasteiger partial charge in [-0.05, 0) is 31.9 Å². The van der Waals surface area contributed by atoms with E-state index in [1.54, 1.807) is 0 Å². The van der Waals surface area contributed by atoms with E-state index in [9.17, 15) is 4.79 Å². The number of benzene rings is 1. The molecule has 1 fully saturated rings. The quantitative estimate of drug-likeness (QED) is 0.756. The van der Waals surface area contributed by atoms with Crippen LogP contribution >= 0.6 is 0 Å². The fourth-order valence-electron chi connectivity index (χ4n) is 2.31. The first-order valence-corrected chi connectivity index (χ1v) is 5.84. The number of amides is 1. The third-order valence-electron chi connectivity index (χ3n) is 3.71. The molecule has 1 amide bonds. The van der Waals surface area contributed by atoms with E-state index in [0.29, 0.717) is 6.54 Å². The maximum atomic E-state index is 11.4. The number of aryl methyl sites for hydroxylation is 1. The van der Waals surface area contributed by atoms with E-state index in [1.165, 1.54) is 0 Å². The molecule has 4 N–H and O–H groups in total. The summed E-state index contributed by atoms with van der Waals surface area (Å²) in [5, 5.41) is 0. The Bertz CT molecular complexity index is 458. The summed E-state index contributed by atoms with van der Waals surface area (Å²) >= 11 is 0. The molecule has 0 aromatic heterocycles. The third kappa shape index (κ3) is 1.95. The van der Waals surface area contributed by atoms with Crippen molar-refractivity contribution in [3.05, 3.63) is 23.8 Å². The molecule has 4 heteroatoms. The molecule has 92 valence electrons. The number of nitrogens with two attached hydrogens (primary N) is 2. The minimum absolute atomic E-state index is 0.230. The topological polar surface area (TPSA) is 72.3 Å². The third-order valence-corrected chi connectivity index (χ3v) is 3.71. The Kier molecular flexibility index (Phi) is 2.73. The van der Waals surface area contributed by atoms with Crippen LogP contribution in [-0.4, -0.2) is 19.0 Å². The molecule has 4 nitrogen and oxygen atoms in total. The van der Waals surface area contributed by atoms with Crippen molar-refractivity contribution in [2.45, 2.75) is 20.3 Å². The molecule has 1 aliphatic heterocycles. The molecule has 1 aromatic carbocycles. The van der Waals surface area contributed by atoms with Gasteiger partial charge in [0.25, 0.3) is 0 Å². The fourth-order valence-corrected chi connectivity index (χ4v) is 2.31. The molecule has 0 saturated carbocycles. The van der Waals surface area contributed by atoms with E-state index in [4.69, 9.17) is 11.5 Å². The van der Waals surface area contributed by atoms with Gasteiger partial charge in [-0.2, -0.15) is 0 Å². The summed E-state index contributed by atoms with van der Waals surface area (Å²) in [6.07, 6.45) is 0.787. The first kappa shape index (κ1) is 11.8. The molecule has 0 spiro atoms. The van der Waals surface area contributed by atoms with E-state index in [1.807, 2.05) is 32.0 Å². The van der Waals surface area contributed by atoms with Crippen LogP contribution in [0.5, 0.6) is 0 Å². The Hall–Kier alpha value is -1.71. The Morgan fingerprint density at radius 3 is 2.76 bits per heavy atom. The maximum Gasteiger partial charge on any atom is 0.225 e. The molecule has 0 radical (unpaired) electrons. The van der Waals surface area contributed by atoms with Gasteiger partial charge in [0.15, 0.2) is 0 Å². The number of carbonyl (C=O) groups is 1. The van der Waals surface area contributed by atoms with E-state index in [-0.39, 0.29) is 5.91 Å². The van der Waals surface area contributed by atoms with Crippen molar-refractivity contribution in [2.75, 3.05) is 23.7 Å². The number of primary amides is 1. The molecule has 1 atom stereocenters. The lowest BCUT2D eigenvalue weighted by molar-refractivity contribution is -0.125. The second kappa shape index (κ2) is 3.95. The molecule has 0 aliphatic carbocycles. The van der Waals surface area contributed by atoms with Crippen molar-refractivity contribution < 1.29 is 4.79 Å². The number of para-hydroxylation sites is 1. The molecule has 1 heterocycles. The summed E-state index contributed by atoms with van der Waals surface area (Å²) in [5.74, 6) is -0.230. The predicted octanol–water partition coefficient (Wildman–Crippen LogP) is 1.28. The number of nitrogen functional groups attached to an aromatic ring is 1. The van der Waals surface area contributed by atoms with Crippen LogP contribution in [0, 0.1) is 12.3 Å². The van der Waals surface area contributed by atoms with Gasteiger partial charge in [0, 0.05) is 13.1 Å². The summed E-state index contributed by atoms with van der Waals surface area (Å²) in [5.41, 5.74) is 13.9. The van der Waals surface area contributed by atoms with E-state index < -0.39 is 5.41 Å². The van der Waals surface area contributed by atoms with Crippen LogP contribution in [0.2, 0.25) is 0 Å². The number of hydrogen-bond donors (Lipinski definition) is 2. The van der Waals surface area contributed by atoms with Crippen molar-refractivity contribution in [2.24, 2.45) is 11.1 Å². The zero-order valence-corrected chi connectivity index (χ0v) is 10.4. The van der Waals surface area contributed by atoms with Crippen LogP contribution in [0.25, 0.3) is 0 Å². The Labute approximate surface area is 102 Å². The molecule has 17 heavy (non-hydrogen) atoms. The average molecular weight is 233 g/mol. The zero-order chi connectivity index (χ0) is 12.6. The van der Waals surface area contributed by atoms with Gasteiger partial charge in [-0.25, -0.2) is 0 Å². The smallest absolute Gasteiger partial charge is 0.225 e. The number of hydrogen-bond acceptors (Lipinski definition) is 3. The van der Waals surface area contributed by atoms with Crippen molar-refractivity contribution in [1.29, 1.82) is 0 Å². The van der Waals surface area contributed by atoms with E-state index >= 15 is 0 Å². The largest absolute Gasteiger partial charge is 0.397 e. The maximum absolute atomic E-state index is 11.4. The second-order valence-corrected chi connectivity index (χ2v) is 5.10. The average Bonchev–Trinajstić information content (AvgIpc) is 2.66. The van der Waals surface area contributed by atoms with Gasteiger partial charge >= 0.3 is 0 Å². The van der Waals surface area contributed by atoms with Gasteiger partial charge in [-0.15, -0.1) is 0 Å². The lowest BCUT2D eigenvalue weighted by Gasteiger charge is -2.24. The van der Waals surface area contributed by atoms with Crippen LogP contribution in [0.3, 0.4) is 0 Å². The van der Waals surface area contributed by atoms with Crippen LogP contribution in [-0.2, 0) is 4.79 Å². The highest BCUT2D eigenvalue weighted by molar-refractivity contribution is 5.83. The lowest BCUT2D eigenvalue weighted by atomic mass is 9.89. The van der Waals surface area contributed by atoms with Gasteiger partial charge in [0.05, 0.1) is 16.8 Å². The predicted molar refractivity (Wildman–Crippen MR) is 69.7 cm³/mol. The lowest BCUT2D eigenvalue weighted by Crippen LogP contribution is -2.37. The van der Waals surface area contributed by atoms with Crippen molar-refractivity contribution in [3.8, 4) is 0 Å². The van der Waals surface area contributed by atoms with E-state index in [2.05, 4.69) is 4.90 Å². The number of anilines is 2. The Morgan fingerprint density at radius 1 is 1.47 bits per heavy atom.